The monoisotopic (exact) mass is 351 g/mol. The van der Waals surface area contributed by atoms with Gasteiger partial charge in [-0.15, -0.1) is 0 Å². The van der Waals surface area contributed by atoms with Gasteiger partial charge in [-0.2, -0.15) is 0 Å². The molecule has 0 aliphatic rings. The first-order chi connectivity index (χ1) is 12.0. The van der Waals surface area contributed by atoms with Crippen LogP contribution in [0.4, 0.5) is 0 Å². The SMILES string of the molecule is CC(C)(C)c1cc(-c2nc3ccc(CN)cc3[nH]2)c(O)c(C(C)(C)C)c1. The molecule has 0 aliphatic carbocycles. The molecular formula is C22H29N3O. The zero-order valence-electron chi connectivity index (χ0n) is 16.6. The van der Waals surface area contributed by atoms with Crippen molar-refractivity contribution in [2.75, 3.05) is 0 Å². The highest BCUT2D eigenvalue weighted by atomic mass is 16.3. The summed E-state index contributed by atoms with van der Waals surface area (Å²) in [4.78, 5) is 8.07. The van der Waals surface area contributed by atoms with Gasteiger partial charge >= 0.3 is 0 Å². The highest BCUT2D eigenvalue weighted by molar-refractivity contribution is 5.82. The summed E-state index contributed by atoms with van der Waals surface area (Å²) in [6.45, 7) is 13.4. The van der Waals surface area contributed by atoms with E-state index in [4.69, 9.17) is 10.7 Å². The fourth-order valence-electron chi connectivity index (χ4n) is 3.13. The summed E-state index contributed by atoms with van der Waals surface area (Å²) < 4.78 is 0. The van der Waals surface area contributed by atoms with Crippen molar-refractivity contribution in [2.45, 2.75) is 58.9 Å². The molecule has 0 aliphatic heterocycles. The van der Waals surface area contributed by atoms with E-state index in [-0.39, 0.29) is 10.8 Å². The first-order valence-corrected chi connectivity index (χ1v) is 9.08. The number of nitrogens with one attached hydrogen (secondary N) is 1. The molecule has 0 atom stereocenters. The summed E-state index contributed by atoms with van der Waals surface area (Å²) in [5.74, 6) is 0.979. The Morgan fingerprint density at radius 1 is 1.00 bits per heavy atom. The number of phenolic OH excluding ortho intramolecular Hbond substituents is 1. The predicted octanol–water partition coefficient (Wildman–Crippen LogP) is 4.99. The van der Waals surface area contributed by atoms with Gasteiger partial charge in [-0.05, 0) is 40.2 Å². The second-order valence-corrected chi connectivity index (χ2v) is 9.06. The van der Waals surface area contributed by atoms with Crippen molar-refractivity contribution in [1.82, 2.24) is 9.97 Å². The smallest absolute Gasteiger partial charge is 0.142 e. The summed E-state index contributed by atoms with van der Waals surface area (Å²) in [7, 11) is 0. The van der Waals surface area contributed by atoms with Gasteiger partial charge in [-0.3, -0.25) is 0 Å². The van der Waals surface area contributed by atoms with E-state index < -0.39 is 0 Å². The summed E-state index contributed by atoms with van der Waals surface area (Å²) in [6, 6.07) is 10.1. The number of nitrogens with two attached hydrogens (primary N) is 1. The lowest BCUT2D eigenvalue weighted by atomic mass is 9.79. The second-order valence-electron chi connectivity index (χ2n) is 9.06. The molecule has 1 heterocycles. The Bertz CT molecular complexity index is 956. The van der Waals surface area contributed by atoms with Crippen LogP contribution in [0.15, 0.2) is 30.3 Å². The standard InChI is InChI=1S/C22H29N3O/c1-21(2,3)14-10-15(19(26)16(11-14)22(4,5)6)20-24-17-8-7-13(12-23)9-18(17)25-20/h7-11,26H,12,23H2,1-6H3,(H,24,25). The number of rotatable bonds is 2. The van der Waals surface area contributed by atoms with Gasteiger partial charge in [0.15, 0.2) is 0 Å². The molecule has 3 aromatic rings. The summed E-state index contributed by atoms with van der Waals surface area (Å²) in [5.41, 5.74) is 11.3. The van der Waals surface area contributed by atoms with Gasteiger partial charge in [0.25, 0.3) is 0 Å². The van der Waals surface area contributed by atoms with Crippen LogP contribution in [0.3, 0.4) is 0 Å². The van der Waals surface area contributed by atoms with E-state index in [1.807, 2.05) is 24.3 Å². The van der Waals surface area contributed by atoms with Crippen LogP contribution in [-0.2, 0) is 17.4 Å². The second kappa shape index (κ2) is 6.13. The Kier molecular flexibility index (Phi) is 4.35. The zero-order valence-corrected chi connectivity index (χ0v) is 16.6. The van der Waals surface area contributed by atoms with Crippen LogP contribution in [0, 0.1) is 0 Å². The molecule has 4 nitrogen and oxygen atoms in total. The molecule has 0 radical (unpaired) electrons. The van der Waals surface area contributed by atoms with Crippen molar-refractivity contribution >= 4 is 11.0 Å². The largest absolute Gasteiger partial charge is 0.507 e. The summed E-state index contributed by atoms with van der Waals surface area (Å²) in [5, 5.41) is 11.0. The van der Waals surface area contributed by atoms with Crippen molar-refractivity contribution < 1.29 is 5.11 Å². The number of benzene rings is 2. The van der Waals surface area contributed by atoms with E-state index in [9.17, 15) is 5.11 Å². The van der Waals surface area contributed by atoms with Crippen LogP contribution in [0.1, 0.15) is 58.2 Å². The normalized spacial score (nSPS) is 12.7. The molecule has 0 amide bonds. The first-order valence-electron chi connectivity index (χ1n) is 9.08. The number of hydrogen-bond acceptors (Lipinski definition) is 3. The Hall–Kier alpha value is -2.33. The van der Waals surface area contributed by atoms with E-state index >= 15 is 0 Å². The molecule has 3 rings (SSSR count). The van der Waals surface area contributed by atoms with Crippen LogP contribution in [0.5, 0.6) is 5.75 Å². The Morgan fingerprint density at radius 2 is 1.69 bits per heavy atom. The number of aromatic amines is 1. The van der Waals surface area contributed by atoms with Crippen molar-refractivity contribution in [2.24, 2.45) is 5.73 Å². The predicted molar refractivity (Wildman–Crippen MR) is 108 cm³/mol. The highest BCUT2D eigenvalue weighted by Crippen LogP contribution is 2.41. The quantitative estimate of drug-likeness (QED) is 0.609. The van der Waals surface area contributed by atoms with E-state index in [2.05, 4.69) is 52.6 Å². The average Bonchev–Trinajstić information content (AvgIpc) is 2.95. The van der Waals surface area contributed by atoms with E-state index in [1.165, 1.54) is 5.56 Å². The van der Waals surface area contributed by atoms with Crippen molar-refractivity contribution in [3.05, 3.63) is 47.0 Å². The molecule has 0 saturated carbocycles. The van der Waals surface area contributed by atoms with Gasteiger partial charge in [-0.1, -0.05) is 53.7 Å². The minimum absolute atomic E-state index is 0.0266. The van der Waals surface area contributed by atoms with Crippen LogP contribution >= 0.6 is 0 Å². The Balaban J connectivity index is 2.26. The maximum atomic E-state index is 11.0. The minimum Gasteiger partial charge on any atom is -0.507 e. The molecular weight excluding hydrogens is 322 g/mol. The molecule has 138 valence electrons. The van der Waals surface area contributed by atoms with Gasteiger partial charge in [0.1, 0.15) is 11.6 Å². The summed E-state index contributed by atoms with van der Waals surface area (Å²) >= 11 is 0. The number of aromatic nitrogens is 2. The fraction of sp³-hybridized carbons (Fsp3) is 0.409. The Labute approximate surface area is 155 Å². The molecule has 0 bridgehead atoms. The molecule has 0 spiro atoms. The number of fused-ring (bicyclic) bond motifs is 1. The molecule has 0 fully saturated rings. The van der Waals surface area contributed by atoms with Gasteiger partial charge in [0, 0.05) is 12.1 Å². The van der Waals surface area contributed by atoms with Crippen molar-refractivity contribution in [1.29, 1.82) is 0 Å². The van der Waals surface area contributed by atoms with Crippen molar-refractivity contribution in [3.8, 4) is 17.1 Å². The lowest BCUT2D eigenvalue weighted by molar-refractivity contribution is 0.446. The molecule has 26 heavy (non-hydrogen) atoms. The van der Waals surface area contributed by atoms with E-state index in [0.29, 0.717) is 18.1 Å². The van der Waals surface area contributed by atoms with Gasteiger partial charge in [0.05, 0.1) is 16.6 Å². The molecule has 0 unspecified atom stereocenters. The number of nitrogens with zero attached hydrogens (tertiary/aromatic N) is 1. The van der Waals surface area contributed by atoms with Crippen LogP contribution in [-0.4, -0.2) is 15.1 Å². The van der Waals surface area contributed by atoms with Gasteiger partial charge in [0.2, 0.25) is 0 Å². The molecule has 1 aromatic heterocycles. The van der Waals surface area contributed by atoms with E-state index in [0.717, 1.165) is 27.7 Å². The molecule has 2 aromatic carbocycles. The van der Waals surface area contributed by atoms with Crippen LogP contribution in [0.25, 0.3) is 22.4 Å². The number of phenols is 1. The topological polar surface area (TPSA) is 74.9 Å². The van der Waals surface area contributed by atoms with Gasteiger partial charge < -0.3 is 15.8 Å². The maximum absolute atomic E-state index is 11.0. The third kappa shape index (κ3) is 3.34. The number of aromatic hydroxyl groups is 1. The van der Waals surface area contributed by atoms with Crippen molar-refractivity contribution in [3.63, 3.8) is 0 Å². The Morgan fingerprint density at radius 3 is 2.27 bits per heavy atom. The fourth-order valence-corrected chi connectivity index (χ4v) is 3.13. The summed E-state index contributed by atoms with van der Waals surface area (Å²) in [6.07, 6.45) is 0. The third-order valence-electron chi connectivity index (χ3n) is 4.82. The minimum atomic E-state index is -0.168. The maximum Gasteiger partial charge on any atom is 0.142 e. The number of hydrogen-bond donors (Lipinski definition) is 3. The molecule has 0 saturated heterocycles. The van der Waals surface area contributed by atoms with Crippen LogP contribution in [0.2, 0.25) is 0 Å². The lowest BCUT2D eigenvalue weighted by Crippen LogP contribution is -2.17. The zero-order chi connectivity index (χ0) is 19.3. The van der Waals surface area contributed by atoms with E-state index in [1.54, 1.807) is 0 Å². The highest BCUT2D eigenvalue weighted by Gasteiger charge is 2.26. The van der Waals surface area contributed by atoms with Crippen LogP contribution < -0.4 is 5.73 Å². The lowest BCUT2D eigenvalue weighted by Gasteiger charge is -2.27. The number of H-pyrrole nitrogens is 1. The molecule has 4 heteroatoms. The number of imidazole rings is 1. The molecule has 4 N–H and O–H groups in total. The third-order valence-corrected chi connectivity index (χ3v) is 4.82. The first kappa shape index (κ1) is 18.5. The average molecular weight is 351 g/mol. The van der Waals surface area contributed by atoms with Gasteiger partial charge in [-0.25, -0.2) is 4.98 Å².